The average Bonchev–Trinajstić information content (AvgIpc) is 2.22. The van der Waals surface area contributed by atoms with Gasteiger partial charge >= 0.3 is 0 Å². The van der Waals surface area contributed by atoms with E-state index in [1.54, 1.807) is 0 Å². The largest absolute Gasteiger partial charge is 0.0693 e. The zero-order chi connectivity index (χ0) is 16.5. The minimum atomic E-state index is -1.02. The molecule has 21 heavy (non-hydrogen) atoms. The molecule has 1 heteroatoms. The van der Waals surface area contributed by atoms with E-state index in [1.165, 1.54) is 23.6 Å². The normalized spacial score (nSPS) is 15.1. The summed E-state index contributed by atoms with van der Waals surface area (Å²) in [6.45, 7) is 21.5. The fraction of sp³-hybridized carbons (Fsp3) is 0.700. The molecule has 0 spiro atoms. The Morgan fingerprint density at radius 1 is 0.857 bits per heavy atom. The zero-order valence-corrected chi connectivity index (χ0v) is 16.8. The molecule has 0 aliphatic carbocycles. The molecule has 0 heterocycles. The molecule has 1 rings (SSSR count). The third-order valence-electron chi connectivity index (χ3n) is 3.98. The first-order valence-corrected chi connectivity index (χ1v) is 12.1. The van der Waals surface area contributed by atoms with Gasteiger partial charge in [0.15, 0.2) is 0 Å². The fourth-order valence-electron chi connectivity index (χ4n) is 3.02. The second kappa shape index (κ2) is 6.28. The van der Waals surface area contributed by atoms with Crippen LogP contribution >= 0.6 is 0 Å². The Hall–Kier alpha value is -0.563. The summed E-state index contributed by atoms with van der Waals surface area (Å²) in [4.78, 5) is 0. The van der Waals surface area contributed by atoms with Gasteiger partial charge in [-0.15, -0.1) is 0 Å². The Kier molecular flexibility index (Phi) is 5.53. The van der Waals surface area contributed by atoms with Crippen molar-refractivity contribution in [1.82, 2.24) is 0 Å². The number of hydrogen-bond donors (Lipinski definition) is 0. The van der Waals surface area contributed by atoms with Gasteiger partial charge in [0, 0.05) is 8.07 Å². The van der Waals surface area contributed by atoms with E-state index < -0.39 is 8.07 Å². The van der Waals surface area contributed by atoms with Crippen LogP contribution in [0.4, 0.5) is 0 Å². The predicted octanol–water partition coefficient (Wildman–Crippen LogP) is 6.67. The van der Waals surface area contributed by atoms with E-state index in [4.69, 9.17) is 0 Å². The molecule has 0 aromatic heterocycles. The molecule has 0 amide bonds. The Labute approximate surface area is 134 Å². The summed E-state index contributed by atoms with van der Waals surface area (Å²) >= 11 is 0. The molecule has 0 bridgehead atoms. The summed E-state index contributed by atoms with van der Waals surface area (Å²) in [5.41, 5.74) is 3.71. The van der Waals surface area contributed by atoms with Crippen molar-refractivity contribution in [3.8, 4) is 0 Å². The van der Waals surface area contributed by atoms with Crippen molar-refractivity contribution in [1.29, 1.82) is 0 Å². The lowest BCUT2D eigenvalue weighted by Gasteiger charge is -2.36. The van der Waals surface area contributed by atoms with Gasteiger partial charge < -0.3 is 0 Å². The van der Waals surface area contributed by atoms with E-state index in [0.717, 1.165) is 0 Å². The summed E-state index contributed by atoms with van der Waals surface area (Å²) < 4.78 is 0. The van der Waals surface area contributed by atoms with E-state index in [1.807, 2.05) is 0 Å². The summed E-state index contributed by atoms with van der Waals surface area (Å²) in [5.74, 6) is 0.624. The lowest BCUT2D eigenvalue weighted by Crippen LogP contribution is -2.25. The van der Waals surface area contributed by atoms with Gasteiger partial charge in [0.25, 0.3) is 0 Å². The predicted molar refractivity (Wildman–Crippen MR) is 99.8 cm³/mol. The Morgan fingerprint density at radius 2 is 1.33 bits per heavy atom. The number of benzene rings is 1. The summed E-state index contributed by atoms with van der Waals surface area (Å²) in [7, 11) is -1.02. The summed E-state index contributed by atoms with van der Waals surface area (Å²) in [6, 6.07) is 10.8. The monoisotopic (exact) mass is 304 g/mol. The van der Waals surface area contributed by atoms with Crippen LogP contribution in [0.2, 0.25) is 19.6 Å². The van der Waals surface area contributed by atoms with Gasteiger partial charge in [-0.2, -0.15) is 0 Å². The highest BCUT2D eigenvalue weighted by Crippen LogP contribution is 2.43. The van der Waals surface area contributed by atoms with Crippen LogP contribution in [0.5, 0.6) is 0 Å². The SMILES string of the molecule is CC(C)(C)CC(c1ccc(C[Si](C)(C)C)cc1)C(C)(C)C. The third-order valence-corrected chi connectivity index (χ3v) is 5.45. The van der Waals surface area contributed by atoms with Crippen molar-refractivity contribution < 1.29 is 0 Å². The van der Waals surface area contributed by atoms with Crippen LogP contribution in [0.15, 0.2) is 24.3 Å². The Balaban J connectivity index is 3.00. The molecule has 0 nitrogen and oxygen atoms in total. The second-order valence-electron chi connectivity index (χ2n) is 10.2. The first-order valence-electron chi connectivity index (χ1n) is 8.37. The molecular weight excluding hydrogens is 268 g/mol. The molecule has 0 aliphatic rings. The standard InChI is InChI=1S/C20H36Si/c1-19(2,3)14-18(20(4,5)6)17-12-10-16(11-13-17)15-21(7,8)9/h10-13,18H,14-15H2,1-9H3. The van der Waals surface area contributed by atoms with Gasteiger partial charge in [0.1, 0.15) is 0 Å². The minimum absolute atomic E-state index is 0.313. The molecule has 0 saturated carbocycles. The van der Waals surface area contributed by atoms with Crippen LogP contribution in [-0.4, -0.2) is 8.07 Å². The van der Waals surface area contributed by atoms with Gasteiger partial charge in [0.2, 0.25) is 0 Å². The maximum absolute atomic E-state index is 2.44. The van der Waals surface area contributed by atoms with E-state index in [-0.39, 0.29) is 0 Å². The van der Waals surface area contributed by atoms with Crippen molar-refractivity contribution in [2.45, 2.75) is 79.6 Å². The van der Waals surface area contributed by atoms with Gasteiger partial charge in [0.05, 0.1) is 0 Å². The first kappa shape index (κ1) is 18.5. The number of rotatable bonds is 4. The van der Waals surface area contributed by atoms with Gasteiger partial charge in [-0.3, -0.25) is 0 Å². The van der Waals surface area contributed by atoms with E-state index in [2.05, 4.69) is 85.4 Å². The molecule has 0 aliphatic heterocycles. The molecule has 0 saturated heterocycles. The fourth-order valence-corrected chi connectivity index (χ4v) is 4.48. The van der Waals surface area contributed by atoms with Crippen molar-refractivity contribution in [2.75, 3.05) is 0 Å². The van der Waals surface area contributed by atoms with Crippen LogP contribution in [-0.2, 0) is 6.04 Å². The third kappa shape index (κ3) is 6.82. The zero-order valence-electron chi connectivity index (χ0n) is 15.8. The highest BCUT2D eigenvalue weighted by Gasteiger charge is 2.30. The minimum Gasteiger partial charge on any atom is -0.0693 e. The summed E-state index contributed by atoms with van der Waals surface area (Å²) in [5, 5.41) is 0. The van der Waals surface area contributed by atoms with Crippen molar-refractivity contribution in [3.63, 3.8) is 0 Å². The van der Waals surface area contributed by atoms with Crippen molar-refractivity contribution in [2.24, 2.45) is 10.8 Å². The summed E-state index contributed by atoms with van der Waals surface area (Å²) in [6.07, 6.45) is 1.24. The van der Waals surface area contributed by atoms with Crippen LogP contribution in [0, 0.1) is 10.8 Å². The van der Waals surface area contributed by atoms with E-state index in [9.17, 15) is 0 Å². The molecular formula is C20H36Si. The average molecular weight is 305 g/mol. The number of hydrogen-bond acceptors (Lipinski definition) is 0. The van der Waals surface area contributed by atoms with Gasteiger partial charge in [-0.05, 0) is 34.8 Å². The van der Waals surface area contributed by atoms with E-state index in [0.29, 0.717) is 16.7 Å². The highest BCUT2D eigenvalue weighted by molar-refractivity contribution is 6.75. The Bertz CT molecular complexity index is 435. The topological polar surface area (TPSA) is 0 Å². The van der Waals surface area contributed by atoms with Crippen LogP contribution in [0.1, 0.15) is 65.0 Å². The Morgan fingerprint density at radius 3 is 1.67 bits per heavy atom. The molecule has 0 N–H and O–H groups in total. The molecule has 1 unspecified atom stereocenters. The smallest absolute Gasteiger partial charge is 0.0487 e. The van der Waals surface area contributed by atoms with E-state index >= 15 is 0 Å². The van der Waals surface area contributed by atoms with Gasteiger partial charge in [-0.25, -0.2) is 0 Å². The highest BCUT2D eigenvalue weighted by atomic mass is 28.3. The quantitative estimate of drug-likeness (QED) is 0.545. The lowest BCUT2D eigenvalue weighted by molar-refractivity contribution is 0.229. The molecule has 0 radical (unpaired) electrons. The van der Waals surface area contributed by atoms with Crippen LogP contribution in [0.25, 0.3) is 0 Å². The molecule has 1 atom stereocenters. The van der Waals surface area contributed by atoms with Crippen LogP contribution < -0.4 is 0 Å². The second-order valence-corrected chi connectivity index (χ2v) is 15.6. The molecule has 120 valence electrons. The maximum Gasteiger partial charge on any atom is 0.0487 e. The molecule has 1 aromatic rings. The lowest BCUT2D eigenvalue weighted by atomic mass is 9.69. The molecule has 1 aromatic carbocycles. The van der Waals surface area contributed by atoms with Gasteiger partial charge in [-0.1, -0.05) is 91.0 Å². The van der Waals surface area contributed by atoms with Crippen molar-refractivity contribution in [3.05, 3.63) is 35.4 Å². The first-order chi connectivity index (χ1) is 9.28. The van der Waals surface area contributed by atoms with Crippen LogP contribution in [0.3, 0.4) is 0 Å². The van der Waals surface area contributed by atoms with Crippen molar-refractivity contribution >= 4 is 8.07 Å². The maximum atomic E-state index is 2.44. The molecule has 0 fully saturated rings.